The standard InChI is InChI=1S/2C3H5.O.Sn/c2*1-3-2;;/h2*1H2,2H3;;. The molecule has 0 N–H and O–H groups in total. The van der Waals surface area contributed by atoms with Crippen LogP contribution in [0.15, 0.2) is 20.3 Å². The van der Waals surface area contributed by atoms with Crippen molar-refractivity contribution in [3.05, 3.63) is 20.3 Å². The first-order chi connectivity index (χ1) is 3.55. The van der Waals surface area contributed by atoms with Crippen LogP contribution in [0, 0.1) is 0 Å². The molecule has 0 aliphatic rings. The molecule has 0 aromatic carbocycles. The van der Waals surface area contributed by atoms with Crippen molar-refractivity contribution in [1.29, 1.82) is 0 Å². The van der Waals surface area contributed by atoms with Gasteiger partial charge in [0, 0.05) is 0 Å². The van der Waals surface area contributed by atoms with Gasteiger partial charge in [-0.3, -0.25) is 0 Å². The fourth-order valence-corrected chi connectivity index (χ4v) is 2.44. The van der Waals surface area contributed by atoms with Gasteiger partial charge in [-0.2, -0.15) is 0 Å². The van der Waals surface area contributed by atoms with Crippen molar-refractivity contribution in [3.8, 4) is 0 Å². The van der Waals surface area contributed by atoms with Gasteiger partial charge in [0.15, 0.2) is 0 Å². The van der Waals surface area contributed by atoms with E-state index in [1.807, 2.05) is 0 Å². The van der Waals surface area contributed by atoms with Crippen molar-refractivity contribution in [2.75, 3.05) is 0 Å². The molecule has 8 heavy (non-hydrogen) atoms. The topological polar surface area (TPSA) is 17.1 Å². The van der Waals surface area contributed by atoms with Gasteiger partial charge in [0.2, 0.25) is 0 Å². The number of allylic oxidation sites excluding steroid dienone is 2. The van der Waals surface area contributed by atoms with E-state index in [0.29, 0.717) is 0 Å². The van der Waals surface area contributed by atoms with Crippen LogP contribution >= 0.6 is 0 Å². The molecule has 0 saturated heterocycles. The van der Waals surface area contributed by atoms with Gasteiger partial charge in [-0.1, -0.05) is 0 Å². The van der Waals surface area contributed by atoms with E-state index in [0.717, 1.165) is 7.18 Å². The Kier molecular flexibility index (Phi) is 3.20. The van der Waals surface area contributed by atoms with E-state index in [-0.39, 0.29) is 0 Å². The van der Waals surface area contributed by atoms with Crippen molar-refractivity contribution in [1.82, 2.24) is 0 Å². The monoisotopic (exact) mass is 218 g/mol. The van der Waals surface area contributed by atoms with E-state index in [2.05, 4.69) is 13.2 Å². The number of hydrogen-bond donors (Lipinski definition) is 0. The first kappa shape index (κ1) is 8.08. The summed E-state index contributed by atoms with van der Waals surface area (Å²) in [5.74, 6) is 0. The quantitative estimate of drug-likeness (QED) is 0.642. The molecule has 0 heterocycles. The van der Waals surface area contributed by atoms with E-state index < -0.39 is 19.7 Å². The molecule has 0 saturated carbocycles. The molecule has 0 unspecified atom stereocenters. The summed E-state index contributed by atoms with van der Waals surface area (Å²) in [4.78, 5) is 0. The number of rotatable bonds is 2. The summed E-state index contributed by atoms with van der Waals surface area (Å²) in [5, 5.41) is 0. The Morgan fingerprint density at radius 3 is 1.50 bits per heavy atom. The molecule has 44 valence electrons. The zero-order valence-electron chi connectivity index (χ0n) is 5.32. The molecular weight excluding hydrogens is 207 g/mol. The summed E-state index contributed by atoms with van der Waals surface area (Å²) in [5.41, 5.74) is 0. The third kappa shape index (κ3) is 2.40. The minimum absolute atomic E-state index is 0.833. The van der Waals surface area contributed by atoms with Crippen LogP contribution in [0.25, 0.3) is 0 Å². The first-order valence-electron chi connectivity index (χ1n) is 2.41. The minimum atomic E-state index is -2.49. The van der Waals surface area contributed by atoms with Crippen molar-refractivity contribution in [3.63, 3.8) is 0 Å². The molecule has 0 bridgehead atoms. The van der Waals surface area contributed by atoms with Gasteiger partial charge in [0.05, 0.1) is 0 Å². The number of hydrogen-bond acceptors (Lipinski definition) is 1. The Morgan fingerprint density at radius 2 is 1.50 bits per heavy atom. The Morgan fingerprint density at radius 1 is 1.25 bits per heavy atom. The Bertz CT molecular complexity index is 131. The summed E-state index contributed by atoms with van der Waals surface area (Å²) >= 11 is -2.49. The van der Waals surface area contributed by atoms with E-state index in [9.17, 15) is 3.08 Å². The molecule has 0 aliphatic heterocycles. The first-order valence-corrected chi connectivity index (χ1v) is 6.43. The predicted molar refractivity (Wildman–Crippen MR) is 36.1 cm³/mol. The van der Waals surface area contributed by atoms with Crippen LogP contribution in [-0.2, 0) is 3.08 Å². The molecule has 0 aliphatic carbocycles. The third-order valence-electron chi connectivity index (χ3n) is 0.775. The summed E-state index contributed by atoms with van der Waals surface area (Å²) in [6.45, 7) is 10.8. The SMILES string of the molecule is C=[C](C)[Sn](=[O])[C](=C)C. The molecular formula is C6H10OSn. The molecule has 2 heteroatoms. The van der Waals surface area contributed by atoms with Gasteiger partial charge in [0.1, 0.15) is 0 Å². The van der Waals surface area contributed by atoms with Crippen molar-refractivity contribution in [2.24, 2.45) is 0 Å². The summed E-state index contributed by atoms with van der Waals surface area (Å²) in [7, 11) is 0. The zero-order chi connectivity index (χ0) is 6.73. The molecule has 0 atom stereocenters. The molecule has 1 nitrogen and oxygen atoms in total. The predicted octanol–water partition coefficient (Wildman–Crippen LogP) is 1.64. The van der Waals surface area contributed by atoms with Gasteiger partial charge < -0.3 is 0 Å². The van der Waals surface area contributed by atoms with Gasteiger partial charge in [-0.05, 0) is 0 Å². The second-order valence-electron chi connectivity index (χ2n) is 1.89. The van der Waals surface area contributed by atoms with E-state index in [4.69, 9.17) is 0 Å². The van der Waals surface area contributed by atoms with E-state index in [1.54, 1.807) is 13.8 Å². The second kappa shape index (κ2) is 3.17. The van der Waals surface area contributed by atoms with Gasteiger partial charge in [0.25, 0.3) is 0 Å². The van der Waals surface area contributed by atoms with Crippen molar-refractivity contribution < 1.29 is 3.08 Å². The average molecular weight is 217 g/mol. The van der Waals surface area contributed by atoms with Crippen molar-refractivity contribution >= 4 is 19.7 Å². The maximum atomic E-state index is 10.9. The van der Waals surface area contributed by atoms with Gasteiger partial charge in [-0.15, -0.1) is 0 Å². The molecule has 0 aromatic heterocycles. The summed E-state index contributed by atoms with van der Waals surface area (Å²) in [6.07, 6.45) is 0. The Balaban J connectivity index is 4.05. The van der Waals surface area contributed by atoms with Crippen LogP contribution in [0.4, 0.5) is 0 Å². The summed E-state index contributed by atoms with van der Waals surface area (Å²) < 4.78 is 12.6. The molecule has 0 radical (unpaired) electrons. The Labute approximate surface area is 57.2 Å². The zero-order valence-corrected chi connectivity index (χ0v) is 8.18. The summed E-state index contributed by atoms with van der Waals surface area (Å²) in [6, 6.07) is 0. The molecule has 0 amide bonds. The van der Waals surface area contributed by atoms with E-state index in [1.165, 1.54) is 0 Å². The third-order valence-corrected chi connectivity index (χ3v) is 5.20. The Hall–Kier alpha value is 0.0787. The van der Waals surface area contributed by atoms with Gasteiger partial charge in [-0.25, -0.2) is 0 Å². The normalized spacial score (nSPS) is 8.25. The molecule has 0 fully saturated rings. The van der Waals surface area contributed by atoms with Crippen LogP contribution in [-0.4, -0.2) is 19.7 Å². The average Bonchev–Trinajstić information content (AvgIpc) is 1.64. The molecule has 0 rings (SSSR count). The van der Waals surface area contributed by atoms with Crippen molar-refractivity contribution in [2.45, 2.75) is 13.8 Å². The van der Waals surface area contributed by atoms with Crippen LogP contribution < -0.4 is 0 Å². The fourth-order valence-electron chi connectivity index (χ4n) is 0.364. The molecule has 0 aromatic rings. The van der Waals surface area contributed by atoms with Crippen LogP contribution in [0.5, 0.6) is 0 Å². The van der Waals surface area contributed by atoms with E-state index >= 15 is 0 Å². The van der Waals surface area contributed by atoms with Crippen LogP contribution in [0.1, 0.15) is 13.8 Å². The van der Waals surface area contributed by atoms with Crippen LogP contribution in [0.2, 0.25) is 0 Å². The van der Waals surface area contributed by atoms with Crippen LogP contribution in [0.3, 0.4) is 0 Å². The fraction of sp³-hybridized carbons (Fsp3) is 0.333. The maximum absolute atomic E-state index is 10.9. The second-order valence-corrected chi connectivity index (χ2v) is 8.64. The molecule has 0 spiro atoms. The van der Waals surface area contributed by atoms with Gasteiger partial charge >= 0.3 is 57.0 Å².